The van der Waals surface area contributed by atoms with Crippen LogP contribution in [0.4, 0.5) is 0 Å². The number of aromatic nitrogens is 4. The second-order valence-corrected chi connectivity index (χ2v) is 4.34. The number of rotatable bonds is 7. The highest BCUT2D eigenvalue weighted by Crippen LogP contribution is 2.07. The molecule has 0 radical (unpaired) electrons. The lowest BCUT2D eigenvalue weighted by molar-refractivity contribution is 0.0729. The largest absolute Gasteiger partial charge is 0.396 e. The number of hydrogen-bond acceptors (Lipinski definition) is 5. The summed E-state index contributed by atoms with van der Waals surface area (Å²) >= 11 is 0. The summed E-state index contributed by atoms with van der Waals surface area (Å²) < 4.78 is 0. The number of nitrogens with zero attached hydrogens (tertiary/aromatic N) is 4. The Morgan fingerprint density at radius 1 is 1.35 bits per heavy atom. The summed E-state index contributed by atoms with van der Waals surface area (Å²) in [5.74, 6) is -0.192. The highest BCUT2D eigenvalue weighted by molar-refractivity contribution is 5.91. The summed E-state index contributed by atoms with van der Waals surface area (Å²) in [7, 11) is 0. The Hall–Kier alpha value is -2.28. The van der Waals surface area contributed by atoms with Crippen LogP contribution < -0.4 is 0 Å². The van der Waals surface area contributed by atoms with E-state index in [9.17, 15) is 4.79 Å². The molecule has 0 saturated heterocycles. The van der Waals surface area contributed by atoms with Crippen LogP contribution in [-0.2, 0) is 6.54 Å². The number of carbonyl (C=O) groups is 1. The molecule has 2 N–H and O–H groups in total. The maximum Gasteiger partial charge on any atom is 0.276 e. The number of aromatic amines is 1. The lowest BCUT2D eigenvalue weighted by Crippen LogP contribution is -2.32. The minimum Gasteiger partial charge on any atom is -0.396 e. The molecule has 0 aliphatic carbocycles. The number of aliphatic hydroxyl groups is 1. The Bertz CT molecular complexity index is 515. The molecule has 1 amide bonds. The second-order valence-electron chi connectivity index (χ2n) is 4.34. The van der Waals surface area contributed by atoms with E-state index in [0.717, 1.165) is 12.1 Å². The molecule has 0 saturated carbocycles. The lowest BCUT2D eigenvalue weighted by Gasteiger charge is -2.21. The Morgan fingerprint density at radius 3 is 2.90 bits per heavy atom. The Morgan fingerprint density at radius 2 is 2.25 bits per heavy atom. The van der Waals surface area contributed by atoms with Gasteiger partial charge in [-0.3, -0.25) is 14.9 Å². The number of pyridine rings is 1. The Balaban J connectivity index is 2.06. The monoisotopic (exact) mass is 275 g/mol. The molecule has 106 valence electrons. The van der Waals surface area contributed by atoms with Gasteiger partial charge in [-0.1, -0.05) is 11.3 Å². The third kappa shape index (κ3) is 3.86. The van der Waals surface area contributed by atoms with Crippen molar-refractivity contribution in [1.82, 2.24) is 25.3 Å². The normalized spacial score (nSPS) is 10.4. The summed E-state index contributed by atoms with van der Waals surface area (Å²) in [6.45, 7) is 1.08. The molecule has 0 atom stereocenters. The first-order valence-electron chi connectivity index (χ1n) is 6.48. The van der Waals surface area contributed by atoms with Crippen LogP contribution in [-0.4, -0.2) is 49.5 Å². The molecule has 2 heterocycles. The number of carbonyl (C=O) groups excluding carboxylic acids is 1. The van der Waals surface area contributed by atoms with Crippen LogP contribution in [0, 0.1) is 0 Å². The van der Waals surface area contributed by atoms with Crippen molar-refractivity contribution in [3.05, 3.63) is 42.0 Å². The minimum absolute atomic E-state index is 0.121. The summed E-state index contributed by atoms with van der Waals surface area (Å²) in [5.41, 5.74) is 1.10. The highest BCUT2D eigenvalue weighted by atomic mass is 16.3. The average molecular weight is 275 g/mol. The van der Waals surface area contributed by atoms with Crippen molar-refractivity contribution in [2.75, 3.05) is 13.2 Å². The minimum atomic E-state index is -0.192. The van der Waals surface area contributed by atoms with Gasteiger partial charge >= 0.3 is 0 Å². The van der Waals surface area contributed by atoms with E-state index in [1.807, 2.05) is 18.2 Å². The van der Waals surface area contributed by atoms with Gasteiger partial charge in [0.25, 0.3) is 5.91 Å². The molecule has 2 aromatic heterocycles. The van der Waals surface area contributed by atoms with Gasteiger partial charge in [0.1, 0.15) is 0 Å². The molecule has 0 spiro atoms. The molecule has 7 nitrogen and oxygen atoms in total. The molecule has 2 aromatic rings. The number of H-pyrrole nitrogens is 1. The number of unbranched alkanes of at least 4 members (excludes halogenated alkanes) is 1. The van der Waals surface area contributed by atoms with E-state index in [-0.39, 0.29) is 18.2 Å². The zero-order chi connectivity index (χ0) is 14.2. The topological polar surface area (TPSA) is 95.0 Å². The van der Waals surface area contributed by atoms with E-state index in [4.69, 9.17) is 5.11 Å². The van der Waals surface area contributed by atoms with Crippen LogP contribution in [0.1, 0.15) is 29.0 Å². The second kappa shape index (κ2) is 7.34. The van der Waals surface area contributed by atoms with Gasteiger partial charge < -0.3 is 10.0 Å². The van der Waals surface area contributed by atoms with Crippen LogP contribution in [0.2, 0.25) is 0 Å². The maximum atomic E-state index is 12.3. The number of amides is 1. The van der Waals surface area contributed by atoms with Crippen LogP contribution in [0.3, 0.4) is 0 Å². The molecule has 0 aromatic carbocycles. The third-order valence-corrected chi connectivity index (χ3v) is 2.84. The van der Waals surface area contributed by atoms with Crippen molar-refractivity contribution in [2.24, 2.45) is 0 Å². The SMILES string of the molecule is O=C(c1c[nH]nn1)N(CCCCO)Cc1ccccn1. The van der Waals surface area contributed by atoms with Gasteiger partial charge in [0.15, 0.2) is 5.69 Å². The van der Waals surface area contributed by atoms with E-state index < -0.39 is 0 Å². The van der Waals surface area contributed by atoms with Crippen LogP contribution in [0.5, 0.6) is 0 Å². The van der Waals surface area contributed by atoms with Gasteiger partial charge in [-0.15, -0.1) is 5.10 Å². The van der Waals surface area contributed by atoms with Gasteiger partial charge in [-0.25, -0.2) is 0 Å². The van der Waals surface area contributed by atoms with Crippen molar-refractivity contribution >= 4 is 5.91 Å². The number of nitrogens with one attached hydrogen (secondary N) is 1. The molecule has 0 bridgehead atoms. The zero-order valence-electron chi connectivity index (χ0n) is 11.1. The third-order valence-electron chi connectivity index (χ3n) is 2.84. The van der Waals surface area contributed by atoms with Gasteiger partial charge in [-0.2, -0.15) is 0 Å². The Labute approximate surface area is 116 Å². The van der Waals surface area contributed by atoms with Crippen molar-refractivity contribution in [2.45, 2.75) is 19.4 Å². The summed E-state index contributed by atoms with van der Waals surface area (Å²) in [4.78, 5) is 18.2. The molecule has 0 fully saturated rings. The summed E-state index contributed by atoms with van der Waals surface area (Å²) in [6.07, 6.45) is 4.55. The van der Waals surface area contributed by atoms with Gasteiger partial charge in [0.2, 0.25) is 0 Å². The van der Waals surface area contributed by atoms with Gasteiger partial charge in [-0.05, 0) is 25.0 Å². The fourth-order valence-electron chi connectivity index (χ4n) is 1.82. The predicted octanol–water partition coefficient (Wildman–Crippen LogP) is 0.615. The van der Waals surface area contributed by atoms with Crippen LogP contribution in [0.25, 0.3) is 0 Å². The van der Waals surface area contributed by atoms with E-state index in [1.165, 1.54) is 6.20 Å². The van der Waals surface area contributed by atoms with E-state index in [1.54, 1.807) is 11.1 Å². The zero-order valence-corrected chi connectivity index (χ0v) is 11.1. The van der Waals surface area contributed by atoms with Crippen molar-refractivity contribution in [3.8, 4) is 0 Å². The van der Waals surface area contributed by atoms with Crippen molar-refractivity contribution < 1.29 is 9.90 Å². The number of aliphatic hydroxyl groups excluding tert-OH is 1. The van der Waals surface area contributed by atoms with E-state index >= 15 is 0 Å². The first-order chi connectivity index (χ1) is 9.81. The molecule has 20 heavy (non-hydrogen) atoms. The summed E-state index contributed by atoms with van der Waals surface area (Å²) in [6, 6.07) is 5.59. The van der Waals surface area contributed by atoms with E-state index in [0.29, 0.717) is 19.5 Å². The predicted molar refractivity (Wildman–Crippen MR) is 71.7 cm³/mol. The molecule has 0 unspecified atom stereocenters. The molecular weight excluding hydrogens is 258 g/mol. The van der Waals surface area contributed by atoms with Crippen molar-refractivity contribution in [3.63, 3.8) is 0 Å². The molecule has 2 rings (SSSR count). The first-order valence-corrected chi connectivity index (χ1v) is 6.48. The Kier molecular flexibility index (Phi) is 5.19. The molecular formula is C13H17N5O2. The quantitative estimate of drug-likeness (QED) is 0.722. The van der Waals surface area contributed by atoms with Crippen LogP contribution in [0.15, 0.2) is 30.6 Å². The van der Waals surface area contributed by atoms with Gasteiger partial charge in [0.05, 0.1) is 18.4 Å². The highest BCUT2D eigenvalue weighted by Gasteiger charge is 2.18. The summed E-state index contributed by atoms with van der Waals surface area (Å²) in [5, 5.41) is 18.7. The standard InChI is InChI=1S/C13H17N5O2/c19-8-4-3-7-18(10-11-5-1-2-6-14-11)13(20)12-9-15-17-16-12/h1-2,5-6,9,19H,3-4,7-8,10H2,(H,15,16,17). The average Bonchev–Trinajstić information content (AvgIpc) is 3.01. The van der Waals surface area contributed by atoms with Crippen LogP contribution >= 0.6 is 0 Å². The number of hydrogen-bond donors (Lipinski definition) is 2. The first kappa shape index (κ1) is 14.1. The van der Waals surface area contributed by atoms with Gasteiger partial charge in [0, 0.05) is 19.3 Å². The fourth-order valence-corrected chi connectivity index (χ4v) is 1.82. The molecule has 0 aliphatic rings. The lowest BCUT2D eigenvalue weighted by atomic mass is 10.2. The fraction of sp³-hybridized carbons (Fsp3) is 0.385. The molecule has 0 aliphatic heterocycles. The maximum absolute atomic E-state index is 12.3. The smallest absolute Gasteiger partial charge is 0.276 e. The molecule has 7 heteroatoms. The van der Waals surface area contributed by atoms with E-state index in [2.05, 4.69) is 20.4 Å². The van der Waals surface area contributed by atoms with Crippen molar-refractivity contribution in [1.29, 1.82) is 0 Å².